The summed E-state index contributed by atoms with van der Waals surface area (Å²) < 4.78 is 0. The van der Waals surface area contributed by atoms with Crippen LogP contribution in [0.3, 0.4) is 0 Å². The van der Waals surface area contributed by atoms with Crippen LogP contribution < -0.4 is 0 Å². The Morgan fingerprint density at radius 2 is 1.78 bits per heavy atom. The summed E-state index contributed by atoms with van der Waals surface area (Å²) in [6.07, 6.45) is 4.31. The fourth-order valence-electron chi connectivity index (χ4n) is 0.857. The number of rotatable bonds is 1. The van der Waals surface area contributed by atoms with Crippen molar-refractivity contribution in [3.05, 3.63) is 11.0 Å². The van der Waals surface area contributed by atoms with Gasteiger partial charge >= 0.3 is 0 Å². The molecule has 0 aliphatic carbocycles. The highest BCUT2D eigenvalue weighted by Gasteiger charge is 2.13. The average molecular weight is 144 g/mol. The number of thioether (sulfide) groups is 1. The number of hydrogen-bond donors (Lipinski definition) is 0. The van der Waals surface area contributed by atoms with Crippen molar-refractivity contribution in [3.63, 3.8) is 0 Å². The third-order valence-corrected chi connectivity index (χ3v) is 2.51. The molecule has 0 atom stereocenters. The van der Waals surface area contributed by atoms with E-state index in [1.807, 2.05) is 11.8 Å². The van der Waals surface area contributed by atoms with Crippen molar-refractivity contribution in [2.24, 2.45) is 5.41 Å². The number of hydrogen-bond acceptors (Lipinski definition) is 1. The van der Waals surface area contributed by atoms with Crippen LogP contribution in [0.5, 0.6) is 0 Å². The minimum atomic E-state index is 0.341. The molecule has 0 heterocycles. The molecule has 0 aliphatic heterocycles. The lowest BCUT2D eigenvalue weighted by atomic mass is 9.96. The van der Waals surface area contributed by atoms with E-state index in [2.05, 4.69) is 40.0 Å². The average Bonchev–Trinajstić information content (AvgIpc) is 1.65. The lowest BCUT2D eigenvalue weighted by Crippen LogP contribution is -2.05. The van der Waals surface area contributed by atoms with E-state index in [0.717, 1.165) is 0 Å². The molecule has 0 aromatic rings. The molecule has 0 aromatic carbocycles. The topological polar surface area (TPSA) is 0 Å². The predicted molar refractivity (Wildman–Crippen MR) is 46.7 cm³/mol. The molecular formula is C8H16S. The predicted octanol–water partition coefficient (Wildman–Crippen LogP) is 3.30. The number of allylic oxidation sites excluding steroid dienone is 2. The highest BCUT2D eigenvalue weighted by Crippen LogP contribution is 2.32. The molecule has 0 saturated heterocycles. The Balaban J connectivity index is 4.14. The van der Waals surface area contributed by atoms with Crippen LogP contribution in [-0.4, -0.2) is 6.26 Å². The van der Waals surface area contributed by atoms with E-state index in [9.17, 15) is 0 Å². The summed E-state index contributed by atoms with van der Waals surface area (Å²) in [5.41, 5.74) is 0.341. The van der Waals surface area contributed by atoms with Crippen LogP contribution in [0.2, 0.25) is 0 Å². The van der Waals surface area contributed by atoms with Crippen LogP contribution in [0.15, 0.2) is 11.0 Å². The van der Waals surface area contributed by atoms with Crippen molar-refractivity contribution < 1.29 is 0 Å². The third kappa shape index (κ3) is 2.95. The second-order valence-electron chi connectivity index (χ2n) is 3.11. The Morgan fingerprint density at radius 3 is 1.78 bits per heavy atom. The molecule has 0 aromatic heterocycles. The first kappa shape index (κ1) is 9.09. The summed E-state index contributed by atoms with van der Waals surface area (Å²) in [5, 5.41) is 0. The summed E-state index contributed by atoms with van der Waals surface area (Å²) in [7, 11) is 0. The van der Waals surface area contributed by atoms with Crippen LogP contribution in [0.1, 0.15) is 27.7 Å². The van der Waals surface area contributed by atoms with Crippen molar-refractivity contribution in [2.45, 2.75) is 27.7 Å². The van der Waals surface area contributed by atoms with Gasteiger partial charge in [0.05, 0.1) is 0 Å². The molecule has 9 heavy (non-hydrogen) atoms. The van der Waals surface area contributed by atoms with Gasteiger partial charge in [-0.1, -0.05) is 26.8 Å². The molecule has 0 fully saturated rings. The van der Waals surface area contributed by atoms with E-state index in [-0.39, 0.29) is 0 Å². The molecule has 0 amide bonds. The van der Waals surface area contributed by atoms with Gasteiger partial charge < -0.3 is 0 Å². The second-order valence-corrected chi connectivity index (χ2v) is 3.96. The van der Waals surface area contributed by atoms with E-state index >= 15 is 0 Å². The van der Waals surface area contributed by atoms with Gasteiger partial charge in [-0.25, -0.2) is 0 Å². The van der Waals surface area contributed by atoms with Crippen molar-refractivity contribution in [3.8, 4) is 0 Å². The van der Waals surface area contributed by atoms with Gasteiger partial charge in [-0.3, -0.25) is 0 Å². The second kappa shape index (κ2) is 3.31. The van der Waals surface area contributed by atoms with Crippen molar-refractivity contribution >= 4 is 11.8 Å². The first-order valence-corrected chi connectivity index (χ1v) is 4.45. The van der Waals surface area contributed by atoms with Gasteiger partial charge in [-0.05, 0) is 23.5 Å². The fourth-order valence-corrected chi connectivity index (χ4v) is 1.71. The maximum atomic E-state index is 2.23. The molecular weight excluding hydrogens is 128 g/mol. The Kier molecular flexibility index (Phi) is 3.34. The third-order valence-electron chi connectivity index (χ3n) is 1.22. The maximum Gasteiger partial charge on any atom is -0.00754 e. The van der Waals surface area contributed by atoms with Crippen LogP contribution >= 0.6 is 11.8 Å². The summed E-state index contributed by atoms with van der Waals surface area (Å²) in [4.78, 5) is 1.46. The van der Waals surface area contributed by atoms with E-state index in [4.69, 9.17) is 0 Å². The van der Waals surface area contributed by atoms with E-state index in [1.165, 1.54) is 4.91 Å². The van der Waals surface area contributed by atoms with Gasteiger partial charge in [-0.2, -0.15) is 0 Å². The van der Waals surface area contributed by atoms with E-state index in [0.29, 0.717) is 5.41 Å². The fraction of sp³-hybridized carbons (Fsp3) is 0.750. The van der Waals surface area contributed by atoms with Gasteiger partial charge in [0.1, 0.15) is 0 Å². The SMILES string of the molecule is C/C=C(\SC)C(C)(C)C. The molecule has 0 unspecified atom stereocenters. The molecule has 0 bridgehead atoms. The standard InChI is InChI=1S/C8H16S/c1-6-7(9-5)8(2,3)4/h6H,1-5H3/b7-6-. The van der Waals surface area contributed by atoms with E-state index in [1.54, 1.807) is 0 Å². The lowest BCUT2D eigenvalue weighted by molar-refractivity contribution is 0.533. The Labute approximate surface area is 62.7 Å². The van der Waals surface area contributed by atoms with Gasteiger partial charge in [0, 0.05) is 0 Å². The largest absolute Gasteiger partial charge is 0.134 e. The molecule has 54 valence electrons. The zero-order valence-electron chi connectivity index (χ0n) is 6.99. The van der Waals surface area contributed by atoms with Crippen molar-refractivity contribution in [1.29, 1.82) is 0 Å². The molecule has 0 saturated carbocycles. The minimum absolute atomic E-state index is 0.341. The van der Waals surface area contributed by atoms with Crippen molar-refractivity contribution in [2.75, 3.05) is 6.26 Å². The zero-order chi connectivity index (χ0) is 7.49. The van der Waals surface area contributed by atoms with Crippen molar-refractivity contribution in [1.82, 2.24) is 0 Å². The molecule has 0 aliphatic rings. The molecule has 0 radical (unpaired) electrons. The Hall–Kier alpha value is 0.0900. The monoisotopic (exact) mass is 144 g/mol. The quantitative estimate of drug-likeness (QED) is 0.544. The van der Waals surface area contributed by atoms with Crippen LogP contribution in [-0.2, 0) is 0 Å². The molecule has 0 nitrogen and oxygen atoms in total. The van der Waals surface area contributed by atoms with Crippen LogP contribution in [0, 0.1) is 5.41 Å². The lowest BCUT2D eigenvalue weighted by Gasteiger charge is -2.20. The van der Waals surface area contributed by atoms with Gasteiger partial charge in [-0.15, -0.1) is 11.8 Å². The molecule has 0 rings (SSSR count). The molecule has 0 spiro atoms. The normalized spacial score (nSPS) is 14.1. The molecule has 0 N–H and O–H groups in total. The smallest absolute Gasteiger partial charge is 0.00754 e. The van der Waals surface area contributed by atoms with Crippen LogP contribution in [0.4, 0.5) is 0 Å². The first-order valence-electron chi connectivity index (χ1n) is 3.23. The summed E-state index contributed by atoms with van der Waals surface area (Å²) >= 11 is 1.84. The highest BCUT2D eigenvalue weighted by molar-refractivity contribution is 8.02. The summed E-state index contributed by atoms with van der Waals surface area (Å²) in [6.45, 7) is 8.80. The van der Waals surface area contributed by atoms with Crippen LogP contribution in [0.25, 0.3) is 0 Å². The zero-order valence-corrected chi connectivity index (χ0v) is 7.80. The summed E-state index contributed by atoms with van der Waals surface area (Å²) in [6, 6.07) is 0. The first-order chi connectivity index (χ1) is 4.02. The minimum Gasteiger partial charge on any atom is -0.134 e. The maximum absolute atomic E-state index is 2.23. The van der Waals surface area contributed by atoms with Gasteiger partial charge in [0.25, 0.3) is 0 Å². The van der Waals surface area contributed by atoms with Gasteiger partial charge in [0.2, 0.25) is 0 Å². The van der Waals surface area contributed by atoms with Gasteiger partial charge in [0.15, 0.2) is 0 Å². The summed E-state index contributed by atoms with van der Waals surface area (Å²) in [5.74, 6) is 0. The molecule has 1 heteroatoms. The highest BCUT2D eigenvalue weighted by atomic mass is 32.2. The Bertz CT molecular complexity index is 106. The Morgan fingerprint density at radius 1 is 1.33 bits per heavy atom. The van der Waals surface area contributed by atoms with E-state index < -0.39 is 0 Å².